The number of carbonyl (C=O) groups is 1. The molecule has 1 aromatic heterocycles. The highest BCUT2D eigenvalue weighted by Gasteiger charge is 2.26. The normalized spacial score (nSPS) is 18.2. The zero-order chi connectivity index (χ0) is 14.5. The highest BCUT2D eigenvalue weighted by molar-refractivity contribution is 7.17. The minimum atomic E-state index is 0.0195. The van der Waals surface area contributed by atoms with E-state index in [1.165, 1.54) is 11.3 Å². The van der Waals surface area contributed by atoms with Gasteiger partial charge in [-0.15, -0.1) is 11.3 Å². The molecule has 1 atom stereocenters. The number of piperidine rings is 1. The molecule has 0 bridgehead atoms. The van der Waals surface area contributed by atoms with Crippen molar-refractivity contribution in [3.05, 3.63) is 21.3 Å². The van der Waals surface area contributed by atoms with Gasteiger partial charge in [-0.05, 0) is 56.3 Å². The Morgan fingerprint density at radius 2 is 2.15 bits per heavy atom. The fourth-order valence-electron chi connectivity index (χ4n) is 2.80. The standard InChI is InChI=1S/C15H23ClN2OS/c1-10(2)9-12(11-5-7-17-8-6-11)18-15(19)13-3-4-14(16)20-13/h3-4,10-12,17H,5-9H2,1-2H3,(H,18,19)/t12-/m1/s1. The number of carbonyl (C=O) groups excluding carboxylic acids is 1. The van der Waals surface area contributed by atoms with Crippen molar-refractivity contribution in [1.82, 2.24) is 10.6 Å². The molecule has 0 unspecified atom stereocenters. The topological polar surface area (TPSA) is 41.1 Å². The summed E-state index contributed by atoms with van der Waals surface area (Å²) in [5.74, 6) is 1.19. The van der Waals surface area contributed by atoms with Crippen LogP contribution in [-0.4, -0.2) is 25.0 Å². The molecule has 0 aromatic carbocycles. The van der Waals surface area contributed by atoms with Gasteiger partial charge in [-0.2, -0.15) is 0 Å². The van der Waals surface area contributed by atoms with Gasteiger partial charge in [-0.1, -0.05) is 25.4 Å². The summed E-state index contributed by atoms with van der Waals surface area (Å²) in [6, 6.07) is 3.85. The second kappa shape index (κ2) is 7.43. The van der Waals surface area contributed by atoms with Crippen molar-refractivity contribution < 1.29 is 4.79 Å². The van der Waals surface area contributed by atoms with Crippen molar-refractivity contribution in [2.45, 2.75) is 39.2 Å². The lowest BCUT2D eigenvalue weighted by atomic mass is 9.85. The summed E-state index contributed by atoms with van der Waals surface area (Å²) in [6.07, 6.45) is 3.32. The minimum Gasteiger partial charge on any atom is -0.348 e. The lowest BCUT2D eigenvalue weighted by molar-refractivity contribution is 0.0910. The molecule has 0 aliphatic carbocycles. The third-order valence-corrected chi connectivity index (χ3v) is 5.02. The highest BCUT2D eigenvalue weighted by Crippen LogP contribution is 2.24. The first-order valence-electron chi connectivity index (χ1n) is 7.33. The predicted molar refractivity (Wildman–Crippen MR) is 85.6 cm³/mol. The van der Waals surface area contributed by atoms with Gasteiger partial charge in [0.15, 0.2) is 0 Å². The van der Waals surface area contributed by atoms with E-state index in [-0.39, 0.29) is 11.9 Å². The predicted octanol–water partition coefficient (Wildman–Crippen LogP) is 3.55. The van der Waals surface area contributed by atoms with Crippen LogP contribution in [0.5, 0.6) is 0 Å². The van der Waals surface area contributed by atoms with Crippen LogP contribution in [0.25, 0.3) is 0 Å². The zero-order valence-corrected chi connectivity index (χ0v) is 13.7. The Morgan fingerprint density at radius 1 is 1.45 bits per heavy atom. The molecule has 1 aromatic rings. The van der Waals surface area contributed by atoms with Gasteiger partial charge in [0.2, 0.25) is 0 Å². The van der Waals surface area contributed by atoms with Crippen LogP contribution in [0.1, 0.15) is 42.8 Å². The van der Waals surface area contributed by atoms with Crippen LogP contribution in [0.3, 0.4) is 0 Å². The molecular formula is C15H23ClN2OS. The van der Waals surface area contributed by atoms with Crippen molar-refractivity contribution in [3.63, 3.8) is 0 Å². The summed E-state index contributed by atoms with van der Waals surface area (Å²) < 4.78 is 0.664. The maximum Gasteiger partial charge on any atom is 0.261 e. The summed E-state index contributed by atoms with van der Waals surface area (Å²) in [5.41, 5.74) is 0. The van der Waals surface area contributed by atoms with E-state index in [0.29, 0.717) is 21.0 Å². The van der Waals surface area contributed by atoms with E-state index in [1.807, 2.05) is 0 Å². The van der Waals surface area contributed by atoms with Crippen LogP contribution in [0.4, 0.5) is 0 Å². The molecule has 1 aliphatic heterocycles. The number of hydrogen-bond acceptors (Lipinski definition) is 3. The van der Waals surface area contributed by atoms with Gasteiger partial charge in [-0.3, -0.25) is 4.79 Å². The number of nitrogens with one attached hydrogen (secondary N) is 2. The fourth-order valence-corrected chi connectivity index (χ4v) is 3.75. The summed E-state index contributed by atoms with van der Waals surface area (Å²) in [6.45, 7) is 6.53. The molecule has 20 heavy (non-hydrogen) atoms. The Kier molecular flexibility index (Phi) is 5.87. The Balaban J connectivity index is 2.00. The summed E-state index contributed by atoms with van der Waals surface area (Å²) >= 11 is 7.25. The van der Waals surface area contributed by atoms with E-state index < -0.39 is 0 Å². The SMILES string of the molecule is CC(C)C[C@@H](NC(=O)c1ccc(Cl)s1)C1CCNCC1. The van der Waals surface area contributed by atoms with Gasteiger partial charge in [0.25, 0.3) is 5.91 Å². The van der Waals surface area contributed by atoms with Gasteiger partial charge >= 0.3 is 0 Å². The Bertz CT molecular complexity index is 441. The van der Waals surface area contributed by atoms with E-state index in [2.05, 4.69) is 24.5 Å². The zero-order valence-electron chi connectivity index (χ0n) is 12.1. The van der Waals surface area contributed by atoms with Crippen molar-refractivity contribution in [2.24, 2.45) is 11.8 Å². The van der Waals surface area contributed by atoms with Crippen LogP contribution in [0, 0.1) is 11.8 Å². The number of rotatable bonds is 5. The van der Waals surface area contributed by atoms with Gasteiger partial charge in [0.1, 0.15) is 0 Å². The molecule has 2 rings (SSSR count). The lowest BCUT2D eigenvalue weighted by Gasteiger charge is -2.32. The minimum absolute atomic E-state index is 0.0195. The molecule has 1 aliphatic rings. The third-order valence-electron chi connectivity index (χ3n) is 3.79. The second-order valence-corrected chi connectivity index (χ2v) is 7.62. The van der Waals surface area contributed by atoms with Crippen LogP contribution in [0.2, 0.25) is 4.34 Å². The monoisotopic (exact) mass is 314 g/mol. The highest BCUT2D eigenvalue weighted by atomic mass is 35.5. The molecular weight excluding hydrogens is 292 g/mol. The Morgan fingerprint density at radius 3 is 2.70 bits per heavy atom. The number of halogens is 1. The molecule has 5 heteroatoms. The first-order chi connectivity index (χ1) is 9.56. The molecule has 3 nitrogen and oxygen atoms in total. The molecule has 1 amide bonds. The molecule has 2 heterocycles. The maximum atomic E-state index is 12.3. The van der Waals surface area contributed by atoms with E-state index in [4.69, 9.17) is 11.6 Å². The first kappa shape index (κ1) is 15.8. The molecule has 2 N–H and O–H groups in total. The van der Waals surface area contributed by atoms with Crippen LogP contribution < -0.4 is 10.6 Å². The number of thiophene rings is 1. The summed E-state index contributed by atoms with van der Waals surface area (Å²) in [7, 11) is 0. The van der Waals surface area contributed by atoms with Crippen molar-refractivity contribution in [2.75, 3.05) is 13.1 Å². The van der Waals surface area contributed by atoms with E-state index in [1.54, 1.807) is 12.1 Å². The molecule has 1 fully saturated rings. The maximum absolute atomic E-state index is 12.3. The molecule has 0 spiro atoms. The smallest absolute Gasteiger partial charge is 0.261 e. The molecule has 0 radical (unpaired) electrons. The molecule has 0 saturated carbocycles. The molecule has 1 saturated heterocycles. The van der Waals surface area contributed by atoms with Gasteiger partial charge in [-0.25, -0.2) is 0 Å². The average molecular weight is 315 g/mol. The number of amides is 1. The van der Waals surface area contributed by atoms with Gasteiger partial charge < -0.3 is 10.6 Å². The van der Waals surface area contributed by atoms with Crippen molar-refractivity contribution >= 4 is 28.8 Å². The summed E-state index contributed by atoms with van der Waals surface area (Å²) in [4.78, 5) is 13.0. The van der Waals surface area contributed by atoms with Crippen LogP contribution in [-0.2, 0) is 0 Å². The Hall–Kier alpha value is -0.580. The first-order valence-corrected chi connectivity index (χ1v) is 8.52. The second-order valence-electron chi connectivity index (χ2n) is 5.90. The Labute approximate surface area is 130 Å². The quantitative estimate of drug-likeness (QED) is 0.872. The fraction of sp³-hybridized carbons (Fsp3) is 0.667. The van der Waals surface area contributed by atoms with Crippen molar-refractivity contribution in [1.29, 1.82) is 0 Å². The largest absolute Gasteiger partial charge is 0.348 e. The average Bonchev–Trinajstić information content (AvgIpc) is 2.85. The van der Waals surface area contributed by atoms with Crippen LogP contribution in [0.15, 0.2) is 12.1 Å². The number of hydrogen-bond donors (Lipinski definition) is 2. The molecule has 112 valence electrons. The third kappa shape index (κ3) is 4.47. The van der Waals surface area contributed by atoms with Gasteiger partial charge in [0.05, 0.1) is 9.21 Å². The van der Waals surface area contributed by atoms with Crippen molar-refractivity contribution in [3.8, 4) is 0 Å². The van der Waals surface area contributed by atoms with E-state index in [0.717, 1.165) is 32.4 Å². The van der Waals surface area contributed by atoms with Crippen LogP contribution >= 0.6 is 22.9 Å². The lowest BCUT2D eigenvalue weighted by Crippen LogP contribution is -2.44. The van der Waals surface area contributed by atoms with Gasteiger partial charge in [0, 0.05) is 6.04 Å². The summed E-state index contributed by atoms with van der Waals surface area (Å²) in [5, 5.41) is 6.62. The van der Waals surface area contributed by atoms with E-state index in [9.17, 15) is 4.79 Å². The van der Waals surface area contributed by atoms with E-state index >= 15 is 0 Å².